The Hall–Kier alpha value is -2.37. The van der Waals surface area contributed by atoms with Gasteiger partial charge in [0.1, 0.15) is 5.75 Å². The summed E-state index contributed by atoms with van der Waals surface area (Å²) in [6.07, 6.45) is 0.846. The third-order valence-electron chi connectivity index (χ3n) is 3.96. The van der Waals surface area contributed by atoms with Gasteiger partial charge in [-0.15, -0.1) is 0 Å². The zero-order chi connectivity index (χ0) is 18.1. The first kappa shape index (κ1) is 19.0. The zero-order valence-corrected chi connectivity index (χ0v) is 14.8. The minimum Gasteiger partial charge on any atom is -0.483 e. The van der Waals surface area contributed by atoms with E-state index in [4.69, 9.17) is 4.74 Å². The minimum absolute atomic E-state index is 0.0535. The number of hydrogen-bond donors (Lipinski definition) is 3. The Bertz CT molecular complexity index is 667. The van der Waals surface area contributed by atoms with Gasteiger partial charge in [0.15, 0.2) is 6.61 Å². The van der Waals surface area contributed by atoms with Crippen LogP contribution >= 0.6 is 0 Å². The number of benzene rings is 2. The number of rotatable bonds is 9. The summed E-state index contributed by atoms with van der Waals surface area (Å²) in [6.45, 7) is 4.64. The maximum atomic E-state index is 12.1. The molecule has 2 rings (SSSR count). The number of anilines is 1. The topological polar surface area (TPSA) is 70.6 Å². The van der Waals surface area contributed by atoms with E-state index < -0.39 is 0 Å². The molecule has 0 spiro atoms. The lowest BCUT2D eigenvalue weighted by atomic mass is 10.1. The Morgan fingerprint density at radius 3 is 2.56 bits per heavy atom. The summed E-state index contributed by atoms with van der Waals surface area (Å²) >= 11 is 0. The van der Waals surface area contributed by atoms with Gasteiger partial charge in [0, 0.05) is 23.8 Å². The van der Waals surface area contributed by atoms with Gasteiger partial charge in [-0.3, -0.25) is 4.79 Å². The molecule has 0 radical (unpaired) electrons. The standard InChI is InChI=1S/C20H26N2O3/c1-3-17(13-23)21-12-16-6-4-5-7-19(16)25-14-20(24)22-18-10-8-15(2)9-11-18/h4-11,17,21,23H,3,12-14H2,1-2H3,(H,22,24)/t17-/m0/s1. The summed E-state index contributed by atoms with van der Waals surface area (Å²) in [7, 11) is 0. The van der Waals surface area contributed by atoms with Crippen LogP contribution < -0.4 is 15.4 Å². The molecule has 0 unspecified atom stereocenters. The molecule has 0 saturated carbocycles. The maximum absolute atomic E-state index is 12.1. The average molecular weight is 342 g/mol. The molecule has 2 aromatic carbocycles. The molecule has 0 bridgehead atoms. The third kappa shape index (κ3) is 6.21. The van der Waals surface area contributed by atoms with Crippen molar-refractivity contribution in [1.82, 2.24) is 5.32 Å². The van der Waals surface area contributed by atoms with Crippen molar-refractivity contribution in [1.29, 1.82) is 0 Å². The van der Waals surface area contributed by atoms with Gasteiger partial charge >= 0.3 is 0 Å². The Morgan fingerprint density at radius 2 is 1.88 bits per heavy atom. The number of carbonyl (C=O) groups excluding carboxylic acids is 1. The summed E-state index contributed by atoms with van der Waals surface area (Å²) in [6, 6.07) is 15.3. The van der Waals surface area contributed by atoms with E-state index in [1.165, 1.54) is 0 Å². The molecule has 2 aromatic rings. The molecular weight excluding hydrogens is 316 g/mol. The van der Waals surface area contributed by atoms with E-state index in [0.29, 0.717) is 12.3 Å². The molecule has 134 valence electrons. The van der Waals surface area contributed by atoms with Crippen LogP contribution in [0.5, 0.6) is 5.75 Å². The fourth-order valence-electron chi connectivity index (χ4n) is 2.36. The highest BCUT2D eigenvalue weighted by Gasteiger charge is 2.09. The van der Waals surface area contributed by atoms with Crippen LogP contribution in [0.15, 0.2) is 48.5 Å². The first-order chi connectivity index (χ1) is 12.1. The second-order valence-electron chi connectivity index (χ2n) is 5.98. The Kier molecular flexibility index (Phi) is 7.44. The number of aryl methyl sites for hydroxylation is 1. The Balaban J connectivity index is 1.89. The van der Waals surface area contributed by atoms with Crippen LogP contribution in [0, 0.1) is 6.92 Å². The number of aliphatic hydroxyl groups is 1. The SMILES string of the molecule is CC[C@@H](CO)NCc1ccccc1OCC(=O)Nc1ccc(C)cc1. The van der Waals surface area contributed by atoms with E-state index in [1.54, 1.807) is 0 Å². The van der Waals surface area contributed by atoms with Gasteiger partial charge < -0.3 is 20.5 Å². The fourth-order valence-corrected chi connectivity index (χ4v) is 2.36. The molecule has 0 saturated heterocycles. The number of aliphatic hydroxyl groups excluding tert-OH is 1. The van der Waals surface area contributed by atoms with Crippen molar-refractivity contribution in [3.8, 4) is 5.75 Å². The van der Waals surface area contributed by atoms with Crippen molar-refractivity contribution in [2.75, 3.05) is 18.5 Å². The summed E-state index contributed by atoms with van der Waals surface area (Å²) in [5, 5.41) is 15.4. The van der Waals surface area contributed by atoms with E-state index in [1.807, 2.05) is 62.4 Å². The normalized spacial score (nSPS) is 11.8. The maximum Gasteiger partial charge on any atom is 0.262 e. The fraction of sp³-hybridized carbons (Fsp3) is 0.350. The summed E-state index contributed by atoms with van der Waals surface area (Å²) in [5.41, 5.74) is 2.85. The van der Waals surface area contributed by atoms with E-state index in [0.717, 1.165) is 23.2 Å². The molecule has 25 heavy (non-hydrogen) atoms. The highest BCUT2D eigenvalue weighted by atomic mass is 16.5. The second kappa shape index (κ2) is 9.81. The van der Waals surface area contributed by atoms with Gasteiger partial charge in [0.25, 0.3) is 5.91 Å². The molecular formula is C20H26N2O3. The monoisotopic (exact) mass is 342 g/mol. The summed E-state index contributed by atoms with van der Waals surface area (Å²) in [5.74, 6) is 0.468. The summed E-state index contributed by atoms with van der Waals surface area (Å²) in [4.78, 5) is 12.1. The molecule has 0 aliphatic carbocycles. The van der Waals surface area contributed by atoms with E-state index in [9.17, 15) is 9.90 Å². The van der Waals surface area contributed by atoms with Crippen LogP contribution in [0.2, 0.25) is 0 Å². The van der Waals surface area contributed by atoms with Crippen molar-refractivity contribution in [3.63, 3.8) is 0 Å². The number of ether oxygens (including phenoxy) is 1. The summed E-state index contributed by atoms with van der Waals surface area (Å²) < 4.78 is 5.68. The predicted octanol–water partition coefficient (Wildman–Crippen LogP) is 2.87. The van der Waals surface area contributed by atoms with Crippen LogP contribution in [0.25, 0.3) is 0 Å². The number of hydrogen-bond acceptors (Lipinski definition) is 4. The van der Waals surface area contributed by atoms with Gasteiger partial charge in [-0.25, -0.2) is 0 Å². The van der Waals surface area contributed by atoms with Gasteiger partial charge in [0.05, 0.1) is 6.61 Å². The lowest BCUT2D eigenvalue weighted by Gasteiger charge is -2.16. The van der Waals surface area contributed by atoms with Crippen LogP contribution in [0.3, 0.4) is 0 Å². The number of para-hydroxylation sites is 1. The first-order valence-electron chi connectivity index (χ1n) is 8.53. The largest absolute Gasteiger partial charge is 0.483 e. The molecule has 0 aliphatic rings. The van der Waals surface area contributed by atoms with Gasteiger partial charge in [-0.1, -0.05) is 42.8 Å². The van der Waals surface area contributed by atoms with Crippen molar-refractivity contribution in [2.24, 2.45) is 0 Å². The van der Waals surface area contributed by atoms with Crippen LogP contribution in [0.4, 0.5) is 5.69 Å². The van der Waals surface area contributed by atoms with Gasteiger partial charge in [-0.2, -0.15) is 0 Å². The quantitative estimate of drug-likeness (QED) is 0.655. The molecule has 3 N–H and O–H groups in total. The lowest BCUT2D eigenvalue weighted by Crippen LogP contribution is -2.31. The molecule has 5 heteroatoms. The molecule has 0 fully saturated rings. The number of nitrogens with one attached hydrogen (secondary N) is 2. The van der Waals surface area contributed by atoms with Crippen molar-refractivity contribution in [2.45, 2.75) is 32.9 Å². The van der Waals surface area contributed by atoms with Crippen molar-refractivity contribution < 1.29 is 14.6 Å². The van der Waals surface area contributed by atoms with E-state index in [-0.39, 0.29) is 25.2 Å². The zero-order valence-electron chi connectivity index (χ0n) is 14.8. The average Bonchev–Trinajstić information content (AvgIpc) is 2.63. The number of carbonyl (C=O) groups is 1. The third-order valence-corrected chi connectivity index (χ3v) is 3.96. The molecule has 0 aromatic heterocycles. The lowest BCUT2D eigenvalue weighted by molar-refractivity contribution is -0.118. The van der Waals surface area contributed by atoms with Crippen LogP contribution in [-0.4, -0.2) is 30.3 Å². The molecule has 0 heterocycles. The molecule has 0 aliphatic heterocycles. The van der Waals surface area contributed by atoms with Crippen molar-refractivity contribution in [3.05, 3.63) is 59.7 Å². The molecule has 1 atom stereocenters. The van der Waals surface area contributed by atoms with Crippen molar-refractivity contribution >= 4 is 11.6 Å². The molecule has 5 nitrogen and oxygen atoms in total. The Morgan fingerprint density at radius 1 is 1.16 bits per heavy atom. The van der Waals surface area contributed by atoms with E-state index in [2.05, 4.69) is 10.6 Å². The van der Waals surface area contributed by atoms with Gasteiger partial charge in [0.2, 0.25) is 0 Å². The highest BCUT2D eigenvalue weighted by Crippen LogP contribution is 2.18. The van der Waals surface area contributed by atoms with Crippen LogP contribution in [-0.2, 0) is 11.3 Å². The highest BCUT2D eigenvalue weighted by molar-refractivity contribution is 5.91. The predicted molar refractivity (Wildman–Crippen MR) is 99.8 cm³/mol. The second-order valence-corrected chi connectivity index (χ2v) is 5.98. The van der Waals surface area contributed by atoms with Crippen LogP contribution in [0.1, 0.15) is 24.5 Å². The smallest absolute Gasteiger partial charge is 0.262 e. The van der Waals surface area contributed by atoms with Gasteiger partial charge in [-0.05, 0) is 31.5 Å². The minimum atomic E-state index is -0.201. The Labute approximate surface area is 149 Å². The van der Waals surface area contributed by atoms with E-state index >= 15 is 0 Å². The number of amides is 1. The first-order valence-corrected chi connectivity index (χ1v) is 8.53. The molecule has 1 amide bonds.